The first-order chi connectivity index (χ1) is 14.1. The fourth-order valence-electron chi connectivity index (χ4n) is 2.80. The Labute approximate surface area is 168 Å². The van der Waals surface area contributed by atoms with E-state index in [-0.39, 0.29) is 17.9 Å². The maximum Gasteiger partial charge on any atom is 0.339 e. The maximum absolute atomic E-state index is 12.6. The fraction of sp³-hybridized carbons (Fsp3) is 0.0870. The molecule has 29 heavy (non-hydrogen) atoms. The highest BCUT2D eigenvalue weighted by atomic mass is 16.5. The molecule has 0 bridgehead atoms. The van der Waals surface area contributed by atoms with Crippen molar-refractivity contribution in [1.29, 1.82) is 0 Å². The van der Waals surface area contributed by atoms with E-state index >= 15 is 0 Å². The average Bonchev–Trinajstić information content (AvgIpc) is 2.74. The van der Waals surface area contributed by atoms with Crippen LogP contribution in [0.3, 0.4) is 0 Å². The van der Waals surface area contributed by atoms with Gasteiger partial charge in [-0.25, -0.2) is 4.79 Å². The number of benzene rings is 3. The van der Waals surface area contributed by atoms with E-state index in [4.69, 9.17) is 4.74 Å². The molecule has 146 valence electrons. The first kappa shape index (κ1) is 19.8. The number of rotatable bonds is 6. The predicted octanol–water partition coefficient (Wildman–Crippen LogP) is 3.91. The molecular formula is C23H20N2O4. The second-order valence-electron chi connectivity index (χ2n) is 6.28. The fourth-order valence-corrected chi connectivity index (χ4v) is 2.80. The van der Waals surface area contributed by atoms with Crippen molar-refractivity contribution in [1.82, 2.24) is 0 Å². The lowest BCUT2D eigenvalue weighted by Crippen LogP contribution is -2.17. The summed E-state index contributed by atoms with van der Waals surface area (Å²) >= 11 is 0. The Balaban J connectivity index is 1.70. The van der Waals surface area contributed by atoms with Gasteiger partial charge in [-0.3, -0.25) is 9.59 Å². The van der Waals surface area contributed by atoms with Crippen LogP contribution in [0.1, 0.15) is 26.3 Å². The monoisotopic (exact) mass is 388 g/mol. The van der Waals surface area contributed by atoms with Crippen LogP contribution in [-0.4, -0.2) is 24.9 Å². The third-order valence-electron chi connectivity index (χ3n) is 4.20. The van der Waals surface area contributed by atoms with Crippen LogP contribution in [0.2, 0.25) is 0 Å². The number of hydrogen-bond donors (Lipinski definition) is 2. The average molecular weight is 388 g/mol. The Morgan fingerprint density at radius 3 is 2.31 bits per heavy atom. The van der Waals surface area contributed by atoms with Gasteiger partial charge in [0.15, 0.2) is 0 Å². The van der Waals surface area contributed by atoms with E-state index < -0.39 is 11.9 Å². The zero-order valence-electron chi connectivity index (χ0n) is 15.8. The number of esters is 1. The van der Waals surface area contributed by atoms with Crippen molar-refractivity contribution >= 4 is 29.2 Å². The van der Waals surface area contributed by atoms with E-state index in [1.807, 2.05) is 30.3 Å². The number of hydrogen-bond acceptors (Lipinski definition) is 4. The van der Waals surface area contributed by atoms with Crippen molar-refractivity contribution < 1.29 is 19.1 Å². The van der Waals surface area contributed by atoms with E-state index in [2.05, 4.69) is 10.6 Å². The summed E-state index contributed by atoms with van der Waals surface area (Å²) in [4.78, 5) is 36.7. The molecule has 0 aromatic heterocycles. The molecule has 3 aromatic rings. The SMILES string of the molecule is COC(=O)c1ccccc1NC(=O)c1cccc(NC(=O)Cc2ccccc2)c1. The van der Waals surface area contributed by atoms with Crippen LogP contribution in [0, 0.1) is 0 Å². The van der Waals surface area contributed by atoms with Crippen LogP contribution in [0.5, 0.6) is 0 Å². The Bertz CT molecular complexity index is 1030. The summed E-state index contributed by atoms with van der Waals surface area (Å²) in [5, 5.41) is 5.51. The zero-order valence-corrected chi connectivity index (χ0v) is 15.8. The number of nitrogens with one attached hydrogen (secondary N) is 2. The van der Waals surface area contributed by atoms with Crippen LogP contribution in [0.15, 0.2) is 78.9 Å². The minimum atomic E-state index is -0.539. The van der Waals surface area contributed by atoms with Gasteiger partial charge in [0.25, 0.3) is 5.91 Å². The largest absolute Gasteiger partial charge is 0.465 e. The first-order valence-electron chi connectivity index (χ1n) is 8.99. The van der Waals surface area contributed by atoms with Gasteiger partial charge in [-0.1, -0.05) is 48.5 Å². The second-order valence-corrected chi connectivity index (χ2v) is 6.28. The Morgan fingerprint density at radius 1 is 0.828 bits per heavy atom. The third-order valence-corrected chi connectivity index (χ3v) is 4.20. The topological polar surface area (TPSA) is 84.5 Å². The van der Waals surface area contributed by atoms with Gasteiger partial charge in [0.05, 0.1) is 24.8 Å². The van der Waals surface area contributed by atoms with Crippen LogP contribution in [0.4, 0.5) is 11.4 Å². The number of para-hydroxylation sites is 1. The van der Waals surface area contributed by atoms with Crippen LogP contribution < -0.4 is 10.6 Å². The molecule has 0 saturated heterocycles. The first-order valence-corrected chi connectivity index (χ1v) is 8.99. The lowest BCUT2D eigenvalue weighted by atomic mass is 10.1. The number of methoxy groups -OCH3 is 1. The molecule has 0 aliphatic heterocycles. The molecular weight excluding hydrogens is 368 g/mol. The molecule has 0 spiro atoms. The van der Waals surface area contributed by atoms with Crippen molar-refractivity contribution in [3.8, 4) is 0 Å². The molecule has 0 unspecified atom stereocenters. The van der Waals surface area contributed by atoms with E-state index in [0.717, 1.165) is 5.56 Å². The van der Waals surface area contributed by atoms with E-state index in [9.17, 15) is 14.4 Å². The highest BCUT2D eigenvalue weighted by Gasteiger charge is 2.15. The minimum absolute atomic E-state index is 0.176. The van der Waals surface area contributed by atoms with Crippen LogP contribution in [-0.2, 0) is 16.0 Å². The summed E-state index contributed by atoms with van der Waals surface area (Å²) in [6.45, 7) is 0. The van der Waals surface area contributed by atoms with Gasteiger partial charge in [0, 0.05) is 11.3 Å². The Hall–Kier alpha value is -3.93. The van der Waals surface area contributed by atoms with Crippen molar-refractivity contribution in [3.05, 3.63) is 95.6 Å². The summed E-state index contributed by atoms with van der Waals surface area (Å²) in [7, 11) is 1.28. The molecule has 3 aromatic carbocycles. The van der Waals surface area contributed by atoms with Gasteiger partial charge < -0.3 is 15.4 Å². The second kappa shape index (κ2) is 9.32. The normalized spacial score (nSPS) is 10.1. The third kappa shape index (κ3) is 5.29. The Morgan fingerprint density at radius 2 is 1.55 bits per heavy atom. The molecule has 0 aliphatic carbocycles. The van der Waals surface area contributed by atoms with Crippen molar-refractivity contribution in [2.45, 2.75) is 6.42 Å². The number of amides is 2. The number of carbonyl (C=O) groups is 3. The maximum atomic E-state index is 12.6. The number of anilines is 2. The Kier molecular flexibility index (Phi) is 6.37. The smallest absolute Gasteiger partial charge is 0.339 e. The van der Waals surface area contributed by atoms with Crippen LogP contribution >= 0.6 is 0 Å². The molecule has 6 heteroatoms. The van der Waals surface area contributed by atoms with E-state index in [1.165, 1.54) is 7.11 Å². The van der Waals surface area contributed by atoms with Crippen LogP contribution in [0.25, 0.3) is 0 Å². The summed E-state index contributed by atoms with van der Waals surface area (Å²) in [5.74, 6) is -1.12. The standard InChI is InChI=1S/C23H20N2O4/c1-29-23(28)19-12-5-6-13-20(19)25-22(27)17-10-7-11-18(15-17)24-21(26)14-16-8-3-2-4-9-16/h2-13,15H,14H2,1H3,(H,24,26)(H,25,27). The van der Waals surface area contributed by atoms with Gasteiger partial charge >= 0.3 is 5.97 Å². The molecule has 0 aliphatic rings. The summed E-state index contributed by atoms with van der Waals surface area (Å²) in [5.41, 5.74) is 2.37. The highest BCUT2D eigenvalue weighted by molar-refractivity contribution is 6.08. The predicted molar refractivity (Wildman–Crippen MR) is 111 cm³/mol. The molecule has 2 N–H and O–H groups in total. The van der Waals surface area contributed by atoms with Gasteiger partial charge in [-0.15, -0.1) is 0 Å². The molecule has 3 rings (SSSR count). The zero-order chi connectivity index (χ0) is 20.6. The number of carbonyl (C=O) groups excluding carboxylic acids is 3. The van der Waals surface area contributed by atoms with Gasteiger partial charge in [0.1, 0.15) is 0 Å². The van der Waals surface area contributed by atoms with Crippen molar-refractivity contribution in [2.24, 2.45) is 0 Å². The molecule has 0 heterocycles. The molecule has 2 amide bonds. The van der Waals surface area contributed by atoms with Gasteiger partial charge in [0.2, 0.25) is 5.91 Å². The quantitative estimate of drug-likeness (QED) is 0.627. The molecule has 0 atom stereocenters. The van der Waals surface area contributed by atoms with E-state index in [0.29, 0.717) is 16.9 Å². The van der Waals surface area contributed by atoms with E-state index in [1.54, 1.807) is 48.5 Å². The van der Waals surface area contributed by atoms with Gasteiger partial charge in [-0.05, 0) is 35.9 Å². The molecule has 0 fully saturated rings. The lowest BCUT2D eigenvalue weighted by molar-refractivity contribution is -0.115. The van der Waals surface area contributed by atoms with Crippen molar-refractivity contribution in [2.75, 3.05) is 17.7 Å². The molecule has 0 radical (unpaired) electrons. The highest BCUT2D eigenvalue weighted by Crippen LogP contribution is 2.18. The summed E-state index contributed by atoms with van der Waals surface area (Å²) < 4.78 is 4.74. The minimum Gasteiger partial charge on any atom is -0.465 e. The number of ether oxygens (including phenoxy) is 1. The molecule has 6 nitrogen and oxygen atoms in total. The lowest BCUT2D eigenvalue weighted by Gasteiger charge is -2.11. The van der Waals surface area contributed by atoms with Crippen molar-refractivity contribution in [3.63, 3.8) is 0 Å². The summed E-state index contributed by atoms with van der Waals surface area (Å²) in [6.07, 6.45) is 0.240. The summed E-state index contributed by atoms with van der Waals surface area (Å²) in [6, 6.07) is 22.6. The van der Waals surface area contributed by atoms with Gasteiger partial charge in [-0.2, -0.15) is 0 Å². The molecule has 0 saturated carbocycles.